The number of benzene rings is 2. The summed E-state index contributed by atoms with van der Waals surface area (Å²) in [7, 11) is 0. The van der Waals surface area contributed by atoms with Gasteiger partial charge in [-0.3, -0.25) is 4.79 Å². The van der Waals surface area contributed by atoms with E-state index >= 15 is 0 Å². The Morgan fingerprint density at radius 2 is 1.78 bits per heavy atom. The normalized spacial score (nSPS) is 16.2. The first-order valence-electron chi connectivity index (χ1n) is 7.81. The lowest BCUT2D eigenvalue weighted by atomic mass is 9.85. The molecule has 0 saturated carbocycles. The van der Waals surface area contributed by atoms with Gasteiger partial charge in [-0.25, -0.2) is 8.78 Å². The molecule has 0 aliphatic heterocycles. The molecule has 1 aliphatic rings. The molecule has 0 radical (unpaired) electrons. The van der Waals surface area contributed by atoms with Gasteiger partial charge in [0.1, 0.15) is 0 Å². The predicted molar refractivity (Wildman–Crippen MR) is 83.3 cm³/mol. The second-order valence-electron chi connectivity index (χ2n) is 5.73. The van der Waals surface area contributed by atoms with Gasteiger partial charge in [0.2, 0.25) is 0 Å². The molecule has 2 aromatic rings. The number of fused-ring (bicyclic) bond motifs is 2. The highest BCUT2D eigenvalue weighted by Crippen LogP contribution is 2.37. The standard InChI is InChI=1S/C19H18F2O2/c1-2-23-19(22)11-16-14-6-4-3-5-12(14)7-8-13-9-17(20)18(21)10-15(13)16/h3-6,9-10,16H,2,7-8,11H2,1H3. The molecule has 0 heterocycles. The van der Waals surface area contributed by atoms with E-state index in [2.05, 4.69) is 0 Å². The van der Waals surface area contributed by atoms with Crippen molar-refractivity contribution in [2.75, 3.05) is 6.61 Å². The van der Waals surface area contributed by atoms with Crippen LogP contribution in [0.3, 0.4) is 0 Å². The molecule has 0 fully saturated rings. The lowest BCUT2D eigenvalue weighted by Crippen LogP contribution is -2.13. The maximum atomic E-state index is 13.8. The fourth-order valence-electron chi connectivity index (χ4n) is 3.29. The zero-order valence-electron chi connectivity index (χ0n) is 12.9. The Kier molecular flexibility index (Phi) is 4.42. The zero-order valence-corrected chi connectivity index (χ0v) is 12.9. The van der Waals surface area contributed by atoms with Crippen LogP contribution in [0.5, 0.6) is 0 Å². The number of halogens is 2. The molecule has 0 bridgehead atoms. The summed E-state index contributed by atoms with van der Waals surface area (Å²) in [6.45, 7) is 2.06. The SMILES string of the molecule is CCOC(=O)CC1c2ccccc2CCc2cc(F)c(F)cc21. The second kappa shape index (κ2) is 6.49. The summed E-state index contributed by atoms with van der Waals surface area (Å²) in [5.74, 6) is -2.36. The smallest absolute Gasteiger partial charge is 0.306 e. The largest absolute Gasteiger partial charge is 0.466 e. The van der Waals surface area contributed by atoms with Gasteiger partial charge in [0, 0.05) is 5.92 Å². The molecular formula is C19H18F2O2. The van der Waals surface area contributed by atoms with Gasteiger partial charge in [-0.2, -0.15) is 0 Å². The molecule has 0 aromatic heterocycles. The van der Waals surface area contributed by atoms with E-state index in [0.29, 0.717) is 18.6 Å². The maximum Gasteiger partial charge on any atom is 0.306 e. The van der Waals surface area contributed by atoms with Gasteiger partial charge in [-0.05, 0) is 54.2 Å². The lowest BCUT2D eigenvalue weighted by Gasteiger charge is -2.20. The minimum absolute atomic E-state index is 0.128. The van der Waals surface area contributed by atoms with Crippen LogP contribution in [0.4, 0.5) is 8.78 Å². The van der Waals surface area contributed by atoms with Gasteiger partial charge >= 0.3 is 5.97 Å². The van der Waals surface area contributed by atoms with E-state index in [1.807, 2.05) is 24.3 Å². The highest BCUT2D eigenvalue weighted by molar-refractivity contribution is 5.72. The van der Waals surface area contributed by atoms with Crippen molar-refractivity contribution < 1.29 is 18.3 Å². The van der Waals surface area contributed by atoms with Crippen molar-refractivity contribution in [2.24, 2.45) is 0 Å². The number of esters is 1. The van der Waals surface area contributed by atoms with Crippen LogP contribution in [-0.2, 0) is 22.4 Å². The molecule has 1 atom stereocenters. The van der Waals surface area contributed by atoms with Crippen molar-refractivity contribution in [1.29, 1.82) is 0 Å². The third-order valence-corrected chi connectivity index (χ3v) is 4.33. The minimum atomic E-state index is -0.878. The number of hydrogen-bond acceptors (Lipinski definition) is 2. The van der Waals surface area contributed by atoms with Crippen molar-refractivity contribution in [1.82, 2.24) is 0 Å². The summed E-state index contributed by atoms with van der Waals surface area (Å²) < 4.78 is 32.5. The first-order chi connectivity index (χ1) is 11.1. The van der Waals surface area contributed by atoms with Gasteiger partial charge in [0.15, 0.2) is 11.6 Å². The summed E-state index contributed by atoms with van der Waals surface area (Å²) in [5, 5.41) is 0. The van der Waals surface area contributed by atoms with E-state index < -0.39 is 11.6 Å². The molecule has 0 N–H and O–H groups in total. The van der Waals surface area contributed by atoms with E-state index in [9.17, 15) is 13.6 Å². The summed E-state index contributed by atoms with van der Waals surface area (Å²) in [4.78, 5) is 12.0. The van der Waals surface area contributed by atoms with E-state index in [1.165, 1.54) is 12.1 Å². The van der Waals surface area contributed by atoms with Crippen LogP contribution in [0.25, 0.3) is 0 Å². The number of hydrogen-bond donors (Lipinski definition) is 0. The molecule has 2 aromatic carbocycles. The maximum absolute atomic E-state index is 13.8. The van der Waals surface area contributed by atoms with E-state index in [4.69, 9.17) is 4.74 Å². The number of aryl methyl sites for hydroxylation is 2. The number of carbonyl (C=O) groups excluding carboxylic acids is 1. The Labute approximate surface area is 134 Å². The average molecular weight is 316 g/mol. The highest BCUT2D eigenvalue weighted by Gasteiger charge is 2.27. The third-order valence-electron chi connectivity index (χ3n) is 4.33. The van der Waals surface area contributed by atoms with Gasteiger partial charge in [-0.1, -0.05) is 24.3 Å². The third kappa shape index (κ3) is 3.11. The predicted octanol–water partition coefficient (Wildman–Crippen LogP) is 4.15. The molecular weight excluding hydrogens is 298 g/mol. The van der Waals surface area contributed by atoms with Gasteiger partial charge in [0.25, 0.3) is 0 Å². The van der Waals surface area contributed by atoms with Crippen molar-refractivity contribution >= 4 is 5.97 Å². The summed E-state index contributed by atoms with van der Waals surface area (Å²) in [5.41, 5.74) is 3.54. The van der Waals surface area contributed by atoms with E-state index in [-0.39, 0.29) is 18.3 Å². The molecule has 2 nitrogen and oxygen atoms in total. The van der Waals surface area contributed by atoms with Crippen LogP contribution in [0.15, 0.2) is 36.4 Å². The van der Waals surface area contributed by atoms with Crippen LogP contribution in [0.1, 0.15) is 41.5 Å². The monoisotopic (exact) mass is 316 g/mol. The number of ether oxygens (including phenoxy) is 1. The first kappa shape index (κ1) is 15.7. The summed E-state index contributed by atoms with van der Waals surface area (Å²) >= 11 is 0. The second-order valence-corrected chi connectivity index (χ2v) is 5.73. The fourth-order valence-corrected chi connectivity index (χ4v) is 3.29. The minimum Gasteiger partial charge on any atom is -0.466 e. The lowest BCUT2D eigenvalue weighted by molar-refractivity contribution is -0.143. The number of rotatable bonds is 3. The Hall–Kier alpha value is -2.23. The van der Waals surface area contributed by atoms with Gasteiger partial charge in [0.05, 0.1) is 13.0 Å². The molecule has 0 amide bonds. The Morgan fingerprint density at radius 3 is 2.57 bits per heavy atom. The molecule has 1 unspecified atom stereocenters. The quantitative estimate of drug-likeness (QED) is 0.795. The Bertz CT molecular complexity index is 740. The first-order valence-corrected chi connectivity index (χ1v) is 7.81. The Balaban J connectivity index is 2.10. The highest BCUT2D eigenvalue weighted by atomic mass is 19.2. The molecule has 120 valence electrons. The van der Waals surface area contributed by atoms with Gasteiger partial charge in [-0.15, -0.1) is 0 Å². The van der Waals surface area contributed by atoms with Crippen molar-refractivity contribution in [3.8, 4) is 0 Å². The van der Waals surface area contributed by atoms with Crippen LogP contribution in [0.2, 0.25) is 0 Å². The number of carbonyl (C=O) groups is 1. The molecule has 1 aliphatic carbocycles. The van der Waals surface area contributed by atoms with Crippen molar-refractivity contribution in [3.63, 3.8) is 0 Å². The summed E-state index contributed by atoms with van der Waals surface area (Å²) in [6, 6.07) is 10.3. The molecule has 0 spiro atoms. The van der Waals surface area contributed by atoms with E-state index in [0.717, 1.165) is 23.1 Å². The topological polar surface area (TPSA) is 26.3 Å². The van der Waals surface area contributed by atoms with Crippen LogP contribution < -0.4 is 0 Å². The molecule has 23 heavy (non-hydrogen) atoms. The zero-order chi connectivity index (χ0) is 16.4. The van der Waals surface area contributed by atoms with Gasteiger partial charge < -0.3 is 4.74 Å². The molecule has 0 saturated heterocycles. The van der Waals surface area contributed by atoms with Crippen LogP contribution in [0, 0.1) is 11.6 Å². The Morgan fingerprint density at radius 1 is 1.09 bits per heavy atom. The van der Waals surface area contributed by atoms with Crippen LogP contribution >= 0.6 is 0 Å². The summed E-state index contributed by atoms with van der Waals surface area (Å²) in [6.07, 6.45) is 1.50. The van der Waals surface area contributed by atoms with Crippen molar-refractivity contribution in [2.45, 2.75) is 32.1 Å². The molecule has 3 rings (SSSR count). The van der Waals surface area contributed by atoms with Crippen molar-refractivity contribution in [3.05, 3.63) is 70.3 Å². The fraction of sp³-hybridized carbons (Fsp3) is 0.316. The molecule has 4 heteroatoms. The van der Waals surface area contributed by atoms with E-state index in [1.54, 1.807) is 6.92 Å². The van der Waals surface area contributed by atoms with Crippen LogP contribution in [-0.4, -0.2) is 12.6 Å². The average Bonchev–Trinajstić information content (AvgIpc) is 2.67.